The van der Waals surface area contributed by atoms with Crippen molar-refractivity contribution in [1.29, 1.82) is 0 Å². The first-order valence-corrected chi connectivity index (χ1v) is 6.63. The van der Waals surface area contributed by atoms with Crippen molar-refractivity contribution in [3.05, 3.63) is 47.0 Å². The van der Waals surface area contributed by atoms with Crippen LogP contribution in [0.15, 0.2) is 30.3 Å². The van der Waals surface area contributed by atoms with E-state index in [0.29, 0.717) is 22.1 Å². The fourth-order valence-corrected chi connectivity index (χ4v) is 2.36. The molecule has 5 nitrogen and oxygen atoms in total. The molecule has 0 radical (unpaired) electrons. The lowest BCUT2D eigenvalue weighted by atomic mass is 9.94. The fraction of sp³-hybridized carbons (Fsp3) is 0.118. The highest BCUT2D eigenvalue weighted by Crippen LogP contribution is 2.30. The van der Waals surface area contributed by atoms with Gasteiger partial charge in [0.25, 0.3) is 0 Å². The first-order chi connectivity index (χ1) is 10.6. The van der Waals surface area contributed by atoms with Crippen molar-refractivity contribution in [1.82, 2.24) is 5.32 Å². The van der Waals surface area contributed by atoms with Crippen molar-refractivity contribution >= 4 is 28.6 Å². The Labute approximate surface area is 126 Å². The summed E-state index contributed by atoms with van der Waals surface area (Å²) in [5.74, 6) is 4.34. The van der Waals surface area contributed by atoms with E-state index in [-0.39, 0.29) is 12.5 Å². The van der Waals surface area contributed by atoms with Crippen molar-refractivity contribution in [2.45, 2.75) is 6.92 Å². The standard InChI is InChI=1S/C17H11NO4/c1-10(19)18-9-3-4-11-7-8-14-15-12(11)5-2-6-13(15)16(20)22-17(14)21/h2,5-8H,9H2,1H3,(H,18,19). The lowest BCUT2D eigenvalue weighted by molar-refractivity contribution is -0.118. The van der Waals surface area contributed by atoms with Crippen LogP contribution in [0.4, 0.5) is 0 Å². The topological polar surface area (TPSA) is 72.5 Å². The van der Waals surface area contributed by atoms with Gasteiger partial charge in [0.2, 0.25) is 5.91 Å². The van der Waals surface area contributed by atoms with Gasteiger partial charge in [-0.05, 0) is 23.6 Å². The van der Waals surface area contributed by atoms with Crippen molar-refractivity contribution in [3.63, 3.8) is 0 Å². The summed E-state index contributed by atoms with van der Waals surface area (Å²) in [5, 5.41) is 3.87. The zero-order chi connectivity index (χ0) is 15.7. The molecule has 1 aliphatic heterocycles. The third kappa shape index (κ3) is 2.31. The van der Waals surface area contributed by atoms with E-state index in [9.17, 15) is 14.4 Å². The number of amides is 1. The van der Waals surface area contributed by atoms with E-state index in [0.717, 1.165) is 5.39 Å². The van der Waals surface area contributed by atoms with Crippen molar-refractivity contribution < 1.29 is 19.1 Å². The van der Waals surface area contributed by atoms with Gasteiger partial charge in [-0.1, -0.05) is 24.0 Å². The molecule has 1 aliphatic rings. The summed E-state index contributed by atoms with van der Waals surface area (Å²) in [6.45, 7) is 1.65. The highest BCUT2D eigenvalue weighted by atomic mass is 16.6. The predicted octanol–water partition coefficient (Wildman–Crippen LogP) is 1.64. The molecule has 0 aliphatic carbocycles. The Bertz CT molecular complexity index is 866. The molecule has 0 bridgehead atoms. The lowest BCUT2D eigenvalue weighted by Crippen LogP contribution is -2.20. The van der Waals surface area contributed by atoms with Crippen LogP contribution in [0.3, 0.4) is 0 Å². The van der Waals surface area contributed by atoms with Crippen LogP contribution in [-0.4, -0.2) is 24.4 Å². The Hall–Kier alpha value is -3.13. The molecule has 0 atom stereocenters. The molecule has 0 unspecified atom stereocenters. The van der Waals surface area contributed by atoms with Gasteiger partial charge in [0, 0.05) is 17.9 Å². The number of hydrogen-bond acceptors (Lipinski definition) is 4. The van der Waals surface area contributed by atoms with Crippen LogP contribution in [0.1, 0.15) is 33.2 Å². The Morgan fingerprint density at radius 2 is 1.86 bits per heavy atom. The number of nitrogens with one attached hydrogen (secondary N) is 1. The van der Waals surface area contributed by atoms with Gasteiger partial charge in [-0.25, -0.2) is 9.59 Å². The maximum Gasteiger partial charge on any atom is 0.346 e. The largest absolute Gasteiger partial charge is 0.386 e. The van der Waals surface area contributed by atoms with Crippen LogP contribution in [0.2, 0.25) is 0 Å². The Balaban J connectivity index is 2.12. The van der Waals surface area contributed by atoms with Gasteiger partial charge in [0.15, 0.2) is 0 Å². The molecule has 1 heterocycles. The monoisotopic (exact) mass is 293 g/mol. The summed E-state index contributed by atoms with van der Waals surface area (Å²) in [5.41, 5.74) is 1.41. The number of rotatable bonds is 1. The molecule has 5 heteroatoms. The van der Waals surface area contributed by atoms with Gasteiger partial charge in [-0.3, -0.25) is 4.79 Å². The second kappa shape index (κ2) is 5.34. The summed E-state index contributed by atoms with van der Waals surface area (Å²) in [6.07, 6.45) is 0. The number of esters is 2. The van der Waals surface area contributed by atoms with Crippen LogP contribution in [0, 0.1) is 11.8 Å². The molecule has 0 fully saturated rings. The number of carbonyl (C=O) groups is 3. The van der Waals surface area contributed by atoms with Crippen molar-refractivity contribution in [2.75, 3.05) is 6.54 Å². The molecule has 22 heavy (non-hydrogen) atoms. The van der Waals surface area contributed by atoms with E-state index in [4.69, 9.17) is 4.74 Å². The smallest absolute Gasteiger partial charge is 0.346 e. The summed E-state index contributed by atoms with van der Waals surface area (Å²) >= 11 is 0. The predicted molar refractivity (Wildman–Crippen MR) is 79.3 cm³/mol. The van der Waals surface area contributed by atoms with E-state index in [1.165, 1.54) is 6.92 Å². The van der Waals surface area contributed by atoms with Crippen LogP contribution >= 0.6 is 0 Å². The molecule has 2 aromatic rings. The average Bonchev–Trinajstić information content (AvgIpc) is 2.49. The molecule has 0 aromatic heterocycles. The maximum absolute atomic E-state index is 11.8. The highest BCUT2D eigenvalue weighted by Gasteiger charge is 2.27. The van der Waals surface area contributed by atoms with Gasteiger partial charge in [-0.2, -0.15) is 0 Å². The third-order valence-corrected chi connectivity index (χ3v) is 3.31. The van der Waals surface area contributed by atoms with Crippen molar-refractivity contribution in [2.24, 2.45) is 0 Å². The molecule has 108 valence electrons. The van der Waals surface area contributed by atoms with E-state index in [1.807, 2.05) is 0 Å². The highest BCUT2D eigenvalue weighted by molar-refractivity contribution is 6.21. The summed E-state index contributed by atoms with van der Waals surface area (Å²) in [7, 11) is 0. The summed E-state index contributed by atoms with van der Waals surface area (Å²) < 4.78 is 4.71. The maximum atomic E-state index is 11.8. The molecule has 1 amide bonds. The Kier molecular flexibility index (Phi) is 3.36. The van der Waals surface area contributed by atoms with E-state index in [1.54, 1.807) is 30.3 Å². The first-order valence-electron chi connectivity index (χ1n) is 6.63. The zero-order valence-electron chi connectivity index (χ0n) is 11.7. The van der Waals surface area contributed by atoms with E-state index < -0.39 is 11.9 Å². The minimum absolute atomic E-state index is 0.153. The normalized spacial score (nSPS) is 12.4. The minimum Gasteiger partial charge on any atom is -0.386 e. The van der Waals surface area contributed by atoms with Gasteiger partial charge in [0.1, 0.15) is 0 Å². The van der Waals surface area contributed by atoms with Gasteiger partial charge >= 0.3 is 11.9 Å². The number of ether oxygens (including phenoxy) is 1. The Morgan fingerprint density at radius 1 is 1.14 bits per heavy atom. The molecule has 0 saturated heterocycles. The average molecular weight is 293 g/mol. The van der Waals surface area contributed by atoms with Gasteiger partial charge in [-0.15, -0.1) is 0 Å². The van der Waals surface area contributed by atoms with Crippen LogP contribution in [-0.2, 0) is 9.53 Å². The zero-order valence-corrected chi connectivity index (χ0v) is 11.7. The molecule has 3 rings (SSSR count). The Morgan fingerprint density at radius 3 is 2.59 bits per heavy atom. The van der Waals surface area contributed by atoms with Crippen LogP contribution in [0.5, 0.6) is 0 Å². The second-order valence-corrected chi connectivity index (χ2v) is 4.78. The number of carbonyl (C=O) groups excluding carboxylic acids is 3. The third-order valence-electron chi connectivity index (χ3n) is 3.31. The quantitative estimate of drug-likeness (QED) is 0.493. The molecular weight excluding hydrogens is 282 g/mol. The molecule has 2 aromatic carbocycles. The van der Waals surface area contributed by atoms with E-state index >= 15 is 0 Å². The lowest BCUT2D eigenvalue weighted by Gasteiger charge is -2.15. The van der Waals surface area contributed by atoms with E-state index in [2.05, 4.69) is 17.2 Å². The summed E-state index contributed by atoms with van der Waals surface area (Å²) in [4.78, 5) is 34.4. The fourth-order valence-electron chi connectivity index (χ4n) is 2.36. The number of benzene rings is 2. The molecule has 1 N–H and O–H groups in total. The first kappa shape index (κ1) is 13.8. The van der Waals surface area contributed by atoms with Crippen LogP contribution < -0.4 is 5.32 Å². The van der Waals surface area contributed by atoms with Crippen molar-refractivity contribution in [3.8, 4) is 11.8 Å². The SMILES string of the molecule is CC(=O)NCC#Cc1ccc2c3c(cccc13)C(=O)OC2=O. The molecule has 0 saturated carbocycles. The van der Waals surface area contributed by atoms with Crippen LogP contribution in [0.25, 0.3) is 10.8 Å². The number of cyclic esters (lactones) is 2. The number of hydrogen-bond donors (Lipinski definition) is 1. The molecular formula is C17H11NO4. The van der Waals surface area contributed by atoms with Gasteiger partial charge in [0.05, 0.1) is 17.7 Å². The second-order valence-electron chi connectivity index (χ2n) is 4.78. The minimum atomic E-state index is -0.647. The summed E-state index contributed by atoms with van der Waals surface area (Å²) in [6, 6.07) is 8.45. The molecule has 0 spiro atoms. The van der Waals surface area contributed by atoms with Gasteiger partial charge < -0.3 is 10.1 Å².